The molecule has 4 nitrogen and oxygen atoms in total. The van der Waals surface area contributed by atoms with E-state index in [0.717, 1.165) is 25.7 Å². The Morgan fingerprint density at radius 1 is 1.50 bits per heavy atom. The van der Waals surface area contributed by atoms with E-state index in [2.05, 4.69) is 17.1 Å². The third-order valence-electron chi connectivity index (χ3n) is 2.64. The minimum absolute atomic E-state index is 0.160. The zero-order valence-electron chi connectivity index (χ0n) is 8.95. The van der Waals surface area contributed by atoms with E-state index in [1.807, 2.05) is 0 Å². The van der Waals surface area contributed by atoms with Crippen LogP contribution in [0.25, 0.3) is 0 Å². The molecule has 1 saturated carbocycles. The van der Waals surface area contributed by atoms with Crippen LogP contribution < -0.4 is 5.32 Å². The topological polar surface area (TPSA) is 55.7 Å². The zero-order valence-corrected chi connectivity index (χ0v) is 8.95. The molecule has 0 unspecified atom stereocenters. The van der Waals surface area contributed by atoms with Crippen molar-refractivity contribution >= 4 is 0 Å². The number of nitrogens with one attached hydrogen (secondary N) is 1. The maximum absolute atomic E-state index is 9.08. The Hall–Kier alpha value is -0.160. The van der Waals surface area contributed by atoms with Gasteiger partial charge in [0.2, 0.25) is 0 Å². The summed E-state index contributed by atoms with van der Waals surface area (Å²) in [5, 5.41) is 20.8. The summed E-state index contributed by atoms with van der Waals surface area (Å²) in [6.07, 6.45) is 2.06. The van der Waals surface area contributed by atoms with E-state index in [4.69, 9.17) is 10.2 Å². The molecule has 3 N–H and O–H groups in total. The lowest BCUT2D eigenvalue weighted by molar-refractivity contribution is 0.0937. The highest BCUT2D eigenvalue weighted by Crippen LogP contribution is 2.25. The lowest BCUT2D eigenvalue weighted by atomic mass is 10.3. The fourth-order valence-electron chi connectivity index (χ4n) is 1.59. The van der Waals surface area contributed by atoms with Crippen LogP contribution in [0.5, 0.6) is 0 Å². The maximum atomic E-state index is 9.08. The highest BCUT2D eigenvalue weighted by molar-refractivity contribution is 4.83. The Kier molecular flexibility index (Phi) is 5.40. The summed E-state index contributed by atoms with van der Waals surface area (Å²) in [7, 11) is 0. The van der Waals surface area contributed by atoms with Gasteiger partial charge in [0.1, 0.15) is 0 Å². The van der Waals surface area contributed by atoms with Gasteiger partial charge < -0.3 is 15.5 Å². The molecule has 0 saturated heterocycles. The lowest BCUT2D eigenvalue weighted by Crippen LogP contribution is -2.37. The molecule has 1 aliphatic rings. The third kappa shape index (κ3) is 4.37. The number of hydrogen-bond acceptors (Lipinski definition) is 4. The lowest BCUT2D eigenvalue weighted by Gasteiger charge is -2.20. The van der Waals surface area contributed by atoms with Crippen molar-refractivity contribution in [3.05, 3.63) is 0 Å². The van der Waals surface area contributed by atoms with E-state index < -0.39 is 6.10 Å². The third-order valence-corrected chi connectivity index (χ3v) is 2.64. The first kappa shape index (κ1) is 11.9. The van der Waals surface area contributed by atoms with E-state index in [9.17, 15) is 0 Å². The van der Waals surface area contributed by atoms with Gasteiger partial charge in [-0.2, -0.15) is 0 Å². The average molecular weight is 202 g/mol. The number of aliphatic hydroxyl groups is 2. The highest BCUT2D eigenvalue weighted by Gasteiger charge is 2.26. The van der Waals surface area contributed by atoms with Crippen molar-refractivity contribution in [2.24, 2.45) is 0 Å². The minimum Gasteiger partial charge on any atom is -0.394 e. The Morgan fingerprint density at radius 3 is 2.71 bits per heavy atom. The molecule has 14 heavy (non-hydrogen) atoms. The first-order valence-corrected chi connectivity index (χ1v) is 5.51. The molecule has 4 heteroatoms. The average Bonchev–Trinajstić information content (AvgIpc) is 3.01. The second-order valence-electron chi connectivity index (χ2n) is 3.90. The van der Waals surface area contributed by atoms with Gasteiger partial charge in [-0.1, -0.05) is 6.92 Å². The SMILES string of the molecule is CCN(CCNC[C@H](O)CO)C1CC1. The van der Waals surface area contributed by atoms with Crippen LogP contribution in [0.3, 0.4) is 0 Å². The molecular weight excluding hydrogens is 180 g/mol. The Balaban J connectivity index is 1.96. The molecule has 0 aromatic rings. The van der Waals surface area contributed by atoms with Crippen LogP contribution in [0, 0.1) is 0 Å². The van der Waals surface area contributed by atoms with E-state index >= 15 is 0 Å². The van der Waals surface area contributed by atoms with Crippen molar-refractivity contribution in [1.29, 1.82) is 0 Å². The van der Waals surface area contributed by atoms with Gasteiger partial charge in [0, 0.05) is 25.7 Å². The summed E-state index contributed by atoms with van der Waals surface area (Å²) < 4.78 is 0. The molecule has 1 fully saturated rings. The molecule has 1 rings (SSSR count). The van der Waals surface area contributed by atoms with Crippen molar-refractivity contribution in [2.45, 2.75) is 31.9 Å². The summed E-state index contributed by atoms with van der Waals surface area (Å²) in [4.78, 5) is 2.46. The molecule has 0 aromatic carbocycles. The Bertz CT molecular complexity index is 151. The van der Waals surface area contributed by atoms with Crippen LogP contribution in [0.2, 0.25) is 0 Å². The summed E-state index contributed by atoms with van der Waals surface area (Å²) in [6, 6.07) is 0.810. The normalized spacial score (nSPS) is 18.9. The molecule has 0 bridgehead atoms. The first-order valence-electron chi connectivity index (χ1n) is 5.51. The largest absolute Gasteiger partial charge is 0.394 e. The van der Waals surface area contributed by atoms with Gasteiger partial charge in [0.15, 0.2) is 0 Å². The van der Waals surface area contributed by atoms with Crippen LogP contribution in [-0.4, -0.2) is 60.0 Å². The quantitative estimate of drug-likeness (QED) is 0.461. The second-order valence-corrected chi connectivity index (χ2v) is 3.90. The van der Waals surface area contributed by atoms with Crippen molar-refractivity contribution in [1.82, 2.24) is 10.2 Å². The first-order chi connectivity index (χ1) is 6.77. The van der Waals surface area contributed by atoms with Crippen LogP contribution in [0.4, 0.5) is 0 Å². The predicted octanol–water partition coefficient (Wildman–Crippen LogP) is -0.586. The Morgan fingerprint density at radius 2 is 2.21 bits per heavy atom. The smallest absolute Gasteiger partial charge is 0.0894 e. The summed E-state index contributed by atoms with van der Waals surface area (Å²) >= 11 is 0. The van der Waals surface area contributed by atoms with Crippen molar-refractivity contribution in [3.63, 3.8) is 0 Å². The molecule has 84 valence electrons. The second kappa shape index (κ2) is 6.35. The number of nitrogens with zero attached hydrogens (tertiary/aromatic N) is 1. The van der Waals surface area contributed by atoms with Gasteiger partial charge in [-0.25, -0.2) is 0 Å². The van der Waals surface area contributed by atoms with Crippen LogP contribution in [0.1, 0.15) is 19.8 Å². The van der Waals surface area contributed by atoms with Crippen molar-refractivity contribution in [3.8, 4) is 0 Å². The van der Waals surface area contributed by atoms with Crippen molar-refractivity contribution in [2.75, 3.05) is 32.8 Å². The van der Waals surface area contributed by atoms with Crippen LogP contribution in [0.15, 0.2) is 0 Å². The molecule has 0 radical (unpaired) electrons. The summed E-state index contributed by atoms with van der Waals surface area (Å²) in [5.74, 6) is 0. The zero-order chi connectivity index (χ0) is 10.4. The maximum Gasteiger partial charge on any atom is 0.0894 e. The number of rotatable bonds is 8. The Labute approximate surface area is 85.9 Å². The van der Waals surface area contributed by atoms with E-state index in [1.165, 1.54) is 12.8 Å². The van der Waals surface area contributed by atoms with E-state index in [1.54, 1.807) is 0 Å². The molecule has 0 aromatic heterocycles. The van der Waals surface area contributed by atoms with Crippen LogP contribution >= 0.6 is 0 Å². The van der Waals surface area contributed by atoms with E-state index in [0.29, 0.717) is 6.54 Å². The predicted molar refractivity (Wildman–Crippen MR) is 56.2 cm³/mol. The number of hydrogen-bond donors (Lipinski definition) is 3. The van der Waals surface area contributed by atoms with Gasteiger partial charge in [-0.05, 0) is 19.4 Å². The van der Waals surface area contributed by atoms with Gasteiger partial charge in [-0.3, -0.25) is 4.90 Å². The highest BCUT2D eigenvalue weighted by atomic mass is 16.3. The van der Waals surface area contributed by atoms with Gasteiger partial charge >= 0.3 is 0 Å². The van der Waals surface area contributed by atoms with Gasteiger partial charge in [0.05, 0.1) is 12.7 Å². The molecule has 0 aliphatic heterocycles. The van der Waals surface area contributed by atoms with Gasteiger partial charge in [-0.15, -0.1) is 0 Å². The van der Waals surface area contributed by atoms with Crippen molar-refractivity contribution < 1.29 is 10.2 Å². The fourth-order valence-corrected chi connectivity index (χ4v) is 1.59. The number of likely N-dealkylation sites (N-methyl/N-ethyl adjacent to an activating group) is 1. The molecule has 0 amide bonds. The van der Waals surface area contributed by atoms with E-state index in [-0.39, 0.29) is 6.61 Å². The monoisotopic (exact) mass is 202 g/mol. The molecular formula is C10H22N2O2. The van der Waals surface area contributed by atoms with Crippen LogP contribution in [-0.2, 0) is 0 Å². The fraction of sp³-hybridized carbons (Fsp3) is 1.00. The molecule has 0 spiro atoms. The van der Waals surface area contributed by atoms with Gasteiger partial charge in [0.25, 0.3) is 0 Å². The standard InChI is InChI=1S/C10H22N2O2/c1-2-12(9-3-4-9)6-5-11-7-10(14)8-13/h9-11,13-14H,2-8H2,1H3/t10-/m0/s1. The summed E-state index contributed by atoms with van der Waals surface area (Å²) in [6.45, 7) is 5.54. The molecule has 0 heterocycles. The minimum atomic E-state index is -0.619. The summed E-state index contributed by atoms with van der Waals surface area (Å²) in [5.41, 5.74) is 0. The molecule has 1 atom stereocenters. The molecule has 1 aliphatic carbocycles. The number of aliphatic hydroxyl groups excluding tert-OH is 2.